The molecule has 0 saturated carbocycles. The lowest BCUT2D eigenvalue weighted by Gasteiger charge is -2.34. The average molecular weight is 451 g/mol. The number of carbonyl (C=O) groups is 2. The number of nitrogens with zero attached hydrogens (tertiary/aromatic N) is 3. The van der Waals surface area contributed by atoms with Crippen LogP contribution in [0.1, 0.15) is 45.4 Å². The van der Waals surface area contributed by atoms with Crippen LogP contribution in [0.5, 0.6) is 0 Å². The molecule has 3 rings (SSSR count). The molecule has 1 aromatic carbocycles. The zero-order chi connectivity index (χ0) is 22.6. The van der Waals surface area contributed by atoms with E-state index >= 15 is 0 Å². The molecule has 0 radical (unpaired) electrons. The molecule has 3 amide bonds. The summed E-state index contributed by atoms with van der Waals surface area (Å²) in [6, 6.07) is 6.48. The molecule has 2 aliphatic heterocycles. The summed E-state index contributed by atoms with van der Waals surface area (Å²) >= 11 is 0. The smallest absolute Gasteiger partial charge is 0.319 e. The van der Waals surface area contributed by atoms with Crippen molar-refractivity contribution in [2.45, 2.75) is 56.4 Å². The van der Waals surface area contributed by atoms with E-state index in [1.54, 1.807) is 52.5 Å². The molecule has 0 aliphatic carbocycles. The summed E-state index contributed by atoms with van der Waals surface area (Å²) in [5.41, 5.74) is 0.585. The lowest BCUT2D eigenvalue weighted by Crippen LogP contribution is -2.45. The summed E-state index contributed by atoms with van der Waals surface area (Å²) in [6.45, 7) is 3.70. The summed E-state index contributed by atoms with van der Waals surface area (Å²) in [5.74, 6) is -0.247. The molecule has 2 heterocycles. The van der Waals surface area contributed by atoms with Gasteiger partial charge in [-0.3, -0.25) is 4.79 Å². The Labute approximate surface area is 185 Å². The van der Waals surface area contributed by atoms with E-state index in [4.69, 9.17) is 0 Å². The first kappa shape index (κ1) is 23.5. The van der Waals surface area contributed by atoms with Crippen molar-refractivity contribution in [2.75, 3.05) is 39.0 Å². The van der Waals surface area contributed by atoms with E-state index in [2.05, 4.69) is 5.32 Å². The molecule has 9 heteroatoms. The number of sulfonamides is 1. The van der Waals surface area contributed by atoms with Crippen LogP contribution < -0.4 is 5.32 Å². The van der Waals surface area contributed by atoms with Crippen molar-refractivity contribution in [3.63, 3.8) is 0 Å². The fourth-order valence-corrected chi connectivity index (χ4v) is 6.17. The number of nitrogens with one attached hydrogen (secondary N) is 1. The van der Waals surface area contributed by atoms with Crippen molar-refractivity contribution in [3.05, 3.63) is 24.3 Å². The Bertz CT molecular complexity index is 877. The molecule has 1 aromatic rings. The number of carbonyl (C=O) groups excluding carboxylic acids is 2. The van der Waals surface area contributed by atoms with Gasteiger partial charge in [-0.25, -0.2) is 13.2 Å². The van der Waals surface area contributed by atoms with Crippen LogP contribution in [0.3, 0.4) is 0 Å². The lowest BCUT2D eigenvalue weighted by atomic mass is 9.96. The van der Waals surface area contributed by atoms with Crippen LogP contribution >= 0.6 is 0 Å². The lowest BCUT2D eigenvalue weighted by molar-refractivity contribution is -0.121. The van der Waals surface area contributed by atoms with Gasteiger partial charge >= 0.3 is 6.03 Å². The fraction of sp³-hybridized carbons (Fsp3) is 0.636. The van der Waals surface area contributed by atoms with Crippen molar-refractivity contribution in [1.29, 1.82) is 0 Å². The maximum atomic E-state index is 13.1. The summed E-state index contributed by atoms with van der Waals surface area (Å²) in [6.07, 6.45) is 4.91. The van der Waals surface area contributed by atoms with E-state index < -0.39 is 10.0 Å². The molecule has 2 saturated heterocycles. The first-order valence-corrected chi connectivity index (χ1v) is 12.6. The number of anilines is 1. The van der Waals surface area contributed by atoms with Crippen molar-refractivity contribution < 1.29 is 18.0 Å². The zero-order valence-corrected chi connectivity index (χ0v) is 19.5. The van der Waals surface area contributed by atoms with Crippen LogP contribution in [0, 0.1) is 5.92 Å². The standard InChI is InChI=1S/C22H34N4O4S/c1-4-19-7-5-6-14-26(19)31(29,30)20-10-8-18(9-11-20)23-21(27)17-12-15-25(16-13-17)22(28)24(2)3/h8-11,17,19H,4-7,12-16H2,1-3H3,(H,23,27). The fourth-order valence-electron chi connectivity index (χ4n) is 4.40. The largest absolute Gasteiger partial charge is 0.331 e. The molecule has 1 atom stereocenters. The average Bonchev–Trinajstić information content (AvgIpc) is 2.78. The van der Waals surface area contributed by atoms with Crippen molar-refractivity contribution in [3.8, 4) is 0 Å². The Hall–Kier alpha value is -2.13. The number of hydrogen-bond acceptors (Lipinski definition) is 4. The summed E-state index contributed by atoms with van der Waals surface area (Å²) in [7, 11) is -0.0894. The van der Waals surface area contributed by atoms with Gasteiger partial charge in [0.1, 0.15) is 0 Å². The summed E-state index contributed by atoms with van der Waals surface area (Å²) in [4.78, 5) is 28.2. The highest BCUT2D eigenvalue weighted by molar-refractivity contribution is 7.89. The number of hydrogen-bond donors (Lipinski definition) is 1. The maximum absolute atomic E-state index is 13.1. The third-order valence-corrected chi connectivity index (χ3v) is 8.26. The van der Waals surface area contributed by atoms with Crippen LogP contribution in [0.15, 0.2) is 29.2 Å². The Balaban J connectivity index is 1.59. The van der Waals surface area contributed by atoms with E-state index in [0.29, 0.717) is 38.2 Å². The molecule has 1 unspecified atom stereocenters. The predicted molar refractivity (Wildman–Crippen MR) is 120 cm³/mol. The van der Waals surface area contributed by atoms with E-state index in [-0.39, 0.29) is 28.8 Å². The minimum atomic E-state index is -3.53. The van der Waals surface area contributed by atoms with Gasteiger partial charge in [0.15, 0.2) is 0 Å². The number of piperidine rings is 2. The minimum Gasteiger partial charge on any atom is -0.331 e. The summed E-state index contributed by atoms with van der Waals surface area (Å²) in [5, 5.41) is 2.90. The molecule has 0 spiro atoms. The predicted octanol–water partition coefficient (Wildman–Crippen LogP) is 2.97. The van der Waals surface area contributed by atoms with E-state index in [1.807, 2.05) is 6.92 Å². The van der Waals surface area contributed by atoms with Crippen LogP contribution in [0.4, 0.5) is 10.5 Å². The third-order valence-electron chi connectivity index (χ3n) is 6.29. The van der Waals surface area contributed by atoms with E-state index in [9.17, 15) is 18.0 Å². The van der Waals surface area contributed by atoms with Gasteiger partial charge in [0.2, 0.25) is 15.9 Å². The van der Waals surface area contributed by atoms with Gasteiger partial charge in [0.05, 0.1) is 4.90 Å². The van der Waals surface area contributed by atoms with Crippen LogP contribution in [-0.4, -0.2) is 74.2 Å². The van der Waals surface area contributed by atoms with Gasteiger partial charge in [0.25, 0.3) is 0 Å². The van der Waals surface area contributed by atoms with E-state index in [1.165, 1.54) is 0 Å². The Morgan fingerprint density at radius 2 is 1.68 bits per heavy atom. The first-order chi connectivity index (χ1) is 14.7. The molecule has 2 aliphatic rings. The normalized spacial score (nSPS) is 21.0. The second kappa shape index (κ2) is 9.99. The van der Waals surface area contributed by atoms with Gasteiger partial charge in [-0.15, -0.1) is 0 Å². The SMILES string of the molecule is CCC1CCCCN1S(=O)(=O)c1ccc(NC(=O)C2CCN(C(=O)N(C)C)CC2)cc1. The second-order valence-corrected chi connectivity index (χ2v) is 10.5. The molecule has 0 bridgehead atoms. The van der Waals surface area contributed by atoms with Crippen molar-refractivity contribution in [1.82, 2.24) is 14.1 Å². The van der Waals surface area contributed by atoms with Crippen molar-refractivity contribution >= 4 is 27.6 Å². The van der Waals surface area contributed by atoms with Crippen molar-refractivity contribution in [2.24, 2.45) is 5.92 Å². The highest BCUT2D eigenvalue weighted by Crippen LogP contribution is 2.28. The van der Waals surface area contributed by atoms with Gasteiger partial charge in [-0.1, -0.05) is 13.3 Å². The van der Waals surface area contributed by atoms with Crippen LogP contribution in [0.25, 0.3) is 0 Å². The van der Waals surface area contributed by atoms with Gasteiger partial charge in [-0.2, -0.15) is 4.31 Å². The number of rotatable bonds is 5. The van der Waals surface area contributed by atoms with Gasteiger partial charge in [-0.05, 0) is 56.4 Å². The quantitative estimate of drug-likeness (QED) is 0.747. The van der Waals surface area contributed by atoms with Gasteiger partial charge < -0.3 is 15.1 Å². The molecular weight excluding hydrogens is 416 g/mol. The molecule has 0 aromatic heterocycles. The Morgan fingerprint density at radius 3 is 2.26 bits per heavy atom. The highest BCUT2D eigenvalue weighted by atomic mass is 32.2. The zero-order valence-electron chi connectivity index (χ0n) is 18.7. The molecule has 31 heavy (non-hydrogen) atoms. The second-order valence-electron chi connectivity index (χ2n) is 8.63. The molecule has 1 N–H and O–H groups in total. The number of urea groups is 1. The summed E-state index contributed by atoms with van der Waals surface area (Å²) < 4.78 is 27.8. The molecule has 8 nitrogen and oxygen atoms in total. The number of amides is 3. The van der Waals surface area contributed by atoms with E-state index in [0.717, 1.165) is 25.7 Å². The molecular formula is C22H34N4O4S. The van der Waals surface area contributed by atoms with Gasteiger partial charge in [0, 0.05) is 51.4 Å². The Morgan fingerprint density at radius 1 is 1.03 bits per heavy atom. The highest BCUT2D eigenvalue weighted by Gasteiger charge is 2.32. The number of benzene rings is 1. The third kappa shape index (κ3) is 5.38. The van der Waals surface area contributed by atoms with Crippen LogP contribution in [0.2, 0.25) is 0 Å². The number of likely N-dealkylation sites (tertiary alicyclic amines) is 1. The first-order valence-electron chi connectivity index (χ1n) is 11.1. The Kier molecular flexibility index (Phi) is 7.59. The monoisotopic (exact) mass is 450 g/mol. The minimum absolute atomic E-state index is 0.0327. The molecule has 172 valence electrons. The van der Waals surface area contributed by atoms with Crippen LogP contribution in [-0.2, 0) is 14.8 Å². The molecule has 2 fully saturated rings. The topological polar surface area (TPSA) is 90.0 Å². The maximum Gasteiger partial charge on any atom is 0.319 e.